The lowest BCUT2D eigenvalue weighted by Crippen LogP contribution is -2.36. The first-order chi connectivity index (χ1) is 16.0. The minimum absolute atomic E-state index is 0.121. The van der Waals surface area contributed by atoms with Crippen LogP contribution in [-0.2, 0) is 29.1 Å². The molecule has 0 bridgehead atoms. The molecule has 0 saturated heterocycles. The number of amides is 1. The van der Waals surface area contributed by atoms with Gasteiger partial charge in [0, 0.05) is 49.9 Å². The summed E-state index contributed by atoms with van der Waals surface area (Å²) >= 11 is 0. The zero-order chi connectivity index (χ0) is 23.0. The summed E-state index contributed by atoms with van der Waals surface area (Å²) in [6.45, 7) is 1.41. The van der Waals surface area contributed by atoms with Gasteiger partial charge in [-0.3, -0.25) is 14.6 Å². The topological polar surface area (TPSA) is 90.7 Å². The number of fused-ring (bicyclic) bond motifs is 1. The maximum atomic E-state index is 13.2. The molecular formula is C25H29N3O5. The summed E-state index contributed by atoms with van der Waals surface area (Å²) < 4.78 is 12.5. The summed E-state index contributed by atoms with van der Waals surface area (Å²) in [5.74, 6) is -0.0449. The van der Waals surface area contributed by atoms with Crippen LogP contribution in [0.3, 0.4) is 0 Å². The van der Waals surface area contributed by atoms with Crippen molar-refractivity contribution in [3.63, 3.8) is 0 Å². The Morgan fingerprint density at radius 3 is 2.73 bits per heavy atom. The number of hydrogen-bond acceptors (Lipinski definition) is 6. The molecule has 2 aromatic rings. The molecule has 1 atom stereocenters. The van der Waals surface area contributed by atoms with Gasteiger partial charge in [-0.25, -0.2) is 4.79 Å². The van der Waals surface area contributed by atoms with E-state index in [4.69, 9.17) is 9.47 Å². The number of rotatable bonds is 5. The number of esters is 1. The number of carbonyl (C=O) groups is 2. The number of ether oxygens (including phenoxy) is 2. The Morgan fingerprint density at radius 2 is 2.00 bits per heavy atom. The quantitative estimate of drug-likeness (QED) is 0.649. The van der Waals surface area contributed by atoms with Gasteiger partial charge in [-0.1, -0.05) is 18.9 Å². The summed E-state index contributed by atoms with van der Waals surface area (Å²) in [5.41, 5.74) is 1.48. The molecule has 33 heavy (non-hydrogen) atoms. The number of methoxy groups -OCH3 is 1. The summed E-state index contributed by atoms with van der Waals surface area (Å²) in [6.07, 6.45) is 7.79. The molecule has 2 aromatic heterocycles. The maximum absolute atomic E-state index is 13.2. The molecule has 1 aliphatic heterocycles. The lowest BCUT2D eigenvalue weighted by atomic mass is 10.0. The molecule has 1 spiro atoms. The number of pyridine rings is 2. The van der Waals surface area contributed by atoms with Crippen LogP contribution in [-0.4, -0.2) is 46.5 Å². The van der Waals surface area contributed by atoms with E-state index in [-0.39, 0.29) is 40.7 Å². The predicted molar refractivity (Wildman–Crippen MR) is 120 cm³/mol. The van der Waals surface area contributed by atoms with Crippen LogP contribution in [0.15, 0.2) is 35.3 Å². The van der Waals surface area contributed by atoms with Gasteiger partial charge in [0.1, 0.15) is 17.9 Å². The molecule has 8 heteroatoms. The van der Waals surface area contributed by atoms with Crippen molar-refractivity contribution in [2.75, 3.05) is 20.2 Å². The average Bonchev–Trinajstić information content (AvgIpc) is 3.42. The van der Waals surface area contributed by atoms with Crippen LogP contribution in [0.25, 0.3) is 0 Å². The van der Waals surface area contributed by atoms with E-state index < -0.39 is 5.97 Å². The van der Waals surface area contributed by atoms with Gasteiger partial charge in [0.05, 0.1) is 12.8 Å². The second-order valence-electron chi connectivity index (χ2n) is 9.32. The van der Waals surface area contributed by atoms with Crippen molar-refractivity contribution in [3.05, 3.63) is 57.8 Å². The largest absolute Gasteiger partial charge is 0.486 e. The van der Waals surface area contributed by atoms with Gasteiger partial charge < -0.3 is 18.9 Å². The Kier molecular flexibility index (Phi) is 5.68. The third-order valence-electron chi connectivity index (χ3n) is 7.48. The zero-order valence-corrected chi connectivity index (χ0v) is 18.9. The van der Waals surface area contributed by atoms with Crippen LogP contribution >= 0.6 is 0 Å². The monoisotopic (exact) mass is 451 g/mol. The standard InChI is InChI=1S/C25H29N3O5/c1-32-24(31)22-19-7-11-27(23(30)18-15-25(18)8-3-4-9-25)12-13-28(19)21(29)14-20(22)33-16-17-6-2-5-10-26-17/h2,5-6,10,14,18H,3-4,7-9,11-13,15-16H2,1H3/t18-/m0/s1. The predicted octanol–water partition coefficient (Wildman–Crippen LogP) is 2.57. The second-order valence-corrected chi connectivity index (χ2v) is 9.32. The van der Waals surface area contributed by atoms with Crippen LogP contribution in [0.1, 0.15) is 53.8 Å². The van der Waals surface area contributed by atoms with E-state index in [1.54, 1.807) is 16.8 Å². The van der Waals surface area contributed by atoms with Gasteiger partial charge >= 0.3 is 5.97 Å². The summed E-state index contributed by atoms with van der Waals surface area (Å²) in [5, 5.41) is 0. The van der Waals surface area contributed by atoms with Gasteiger partial charge in [0.15, 0.2) is 0 Å². The Balaban J connectivity index is 1.39. The normalized spacial score (nSPS) is 20.8. The molecule has 174 valence electrons. The van der Waals surface area contributed by atoms with Crippen molar-refractivity contribution in [1.82, 2.24) is 14.5 Å². The molecular weight excluding hydrogens is 422 g/mol. The third-order valence-corrected chi connectivity index (χ3v) is 7.48. The fourth-order valence-electron chi connectivity index (χ4n) is 5.59. The van der Waals surface area contributed by atoms with Crippen molar-refractivity contribution in [1.29, 1.82) is 0 Å². The van der Waals surface area contributed by atoms with Crippen LogP contribution in [0, 0.1) is 11.3 Å². The average molecular weight is 452 g/mol. The van der Waals surface area contributed by atoms with Crippen LogP contribution < -0.4 is 10.3 Å². The van der Waals surface area contributed by atoms with Crippen molar-refractivity contribution in [3.8, 4) is 5.75 Å². The molecule has 3 heterocycles. The van der Waals surface area contributed by atoms with E-state index in [1.165, 1.54) is 26.0 Å². The van der Waals surface area contributed by atoms with E-state index in [0.717, 1.165) is 19.3 Å². The molecule has 0 unspecified atom stereocenters. The van der Waals surface area contributed by atoms with Crippen molar-refractivity contribution < 1.29 is 19.1 Å². The highest BCUT2D eigenvalue weighted by Crippen LogP contribution is 2.63. The van der Waals surface area contributed by atoms with E-state index in [2.05, 4.69) is 4.98 Å². The Hall–Kier alpha value is -3.16. The highest BCUT2D eigenvalue weighted by molar-refractivity contribution is 5.93. The lowest BCUT2D eigenvalue weighted by Gasteiger charge is -2.21. The Bertz CT molecular complexity index is 1120. The molecule has 8 nitrogen and oxygen atoms in total. The first kappa shape index (κ1) is 21.7. The first-order valence-electron chi connectivity index (χ1n) is 11.7. The number of nitrogens with zero attached hydrogens (tertiary/aromatic N) is 3. The van der Waals surface area contributed by atoms with E-state index in [9.17, 15) is 14.4 Å². The van der Waals surface area contributed by atoms with Crippen molar-refractivity contribution >= 4 is 11.9 Å². The molecule has 0 aromatic carbocycles. The van der Waals surface area contributed by atoms with Crippen LogP contribution in [0.4, 0.5) is 0 Å². The van der Waals surface area contributed by atoms with Gasteiger partial charge in [0.25, 0.3) is 5.56 Å². The van der Waals surface area contributed by atoms with Gasteiger partial charge in [-0.15, -0.1) is 0 Å². The smallest absolute Gasteiger partial charge is 0.343 e. The minimum Gasteiger partial charge on any atom is -0.486 e. The molecule has 5 rings (SSSR count). The van der Waals surface area contributed by atoms with E-state index in [0.29, 0.717) is 37.4 Å². The second kappa shape index (κ2) is 8.65. The molecule has 1 amide bonds. The molecule has 0 N–H and O–H groups in total. The summed E-state index contributed by atoms with van der Waals surface area (Å²) in [7, 11) is 1.31. The van der Waals surface area contributed by atoms with Gasteiger partial charge in [-0.05, 0) is 36.8 Å². The van der Waals surface area contributed by atoms with E-state index in [1.807, 2.05) is 17.0 Å². The van der Waals surface area contributed by atoms with Crippen molar-refractivity contribution in [2.45, 2.75) is 51.7 Å². The maximum Gasteiger partial charge on any atom is 0.343 e. The molecule has 3 aliphatic rings. The highest BCUT2D eigenvalue weighted by Gasteiger charge is 2.59. The van der Waals surface area contributed by atoms with Crippen molar-refractivity contribution in [2.24, 2.45) is 11.3 Å². The number of aromatic nitrogens is 2. The van der Waals surface area contributed by atoms with Crippen LogP contribution in [0.5, 0.6) is 5.75 Å². The fraction of sp³-hybridized carbons (Fsp3) is 0.520. The summed E-state index contributed by atoms with van der Waals surface area (Å²) in [4.78, 5) is 45.0. The van der Waals surface area contributed by atoms with Gasteiger partial charge in [0.2, 0.25) is 5.91 Å². The molecule has 2 saturated carbocycles. The fourth-order valence-corrected chi connectivity index (χ4v) is 5.59. The highest BCUT2D eigenvalue weighted by atomic mass is 16.5. The first-order valence-corrected chi connectivity index (χ1v) is 11.7. The third kappa shape index (κ3) is 4.03. The SMILES string of the molecule is COC(=O)c1c(OCc2ccccn2)cc(=O)n2c1CCN(C(=O)[C@@H]1CC13CCCC3)CC2. The van der Waals surface area contributed by atoms with Crippen LogP contribution in [0.2, 0.25) is 0 Å². The zero-order valence-electron chi connectivity index (χ0n) is 18.9. The Labute approximate surface area is 192 Å². The van der Waals surface area contributed by atoms with Gasteiger partial charge in [-0.2, -0.15) is 0 Å². The number of carbonyl (C=O) groups excluding carboxylic acids is 2. The minimum atomic E-state index is -0.554. The molecule has 0 radical (unpaired) electrons. The number of hydrogen-bond donors (Lipinski definition) is 0. The van der Waals surface area contributed by atoms with E-state index >= 15 is 0 Å². The molecule has 2 fully saturated rings. The summed E-state index contributed by atoms with van der Waals surface area (Å²) in [6, 6.07) is 6.80. The Morgan fingerprint density at radius 1 is 1.18 bits per heavy atom. The lowest BCUT2D eigenvalue weighted by molar-refractivity contribution is -0.133. The molecule has 2 aliphatic carbocycles.